The fourth-order valence-corrected chi connectivity index (χ4v) is 3.92. The number of hydrogen-bond acceptors (Lipinski definition) is 4. The molecule has 0 saturated heterocycles. The number of pyridine rings is 1. The van der Waals surface area contributed by atoms with E-state index in [1.807, 2.05) is 54.6 Å². The summed E-state index contributed by atoms with van der Waals surface area (Å²) in [4.78, 5) is 27.6. The van der Waals surface area contributed by atoms with Crippen molar-refractivity contribution >= 4 is 45.3 Å². The number of unbranched alkanes of at least 4 members (excludes halogenated alkanes) is 1. The molecule has 0 atom stereocenters. The van der Waals surface area contributed by atoms with Gasteiger partial charge in [-0.1, -0.05) is 36.4 Å². The molecule has 7 heteroatoms. The Morgan fingerprint density at radius 1 is 1.09 bits per heavy atom. The van der Waals surface area contributed by atoms with Crippen molar-refractivity contribution in [2.24, 2.45) is 0 Å². The zero-order valence-electron chi connectivity index (χ0n) is 17.9. The molecule has 2 aromatic heterocycles. The molecule has 33 heavy (non-hydrogen) atoms. The van der Waals surface area contributed by atoms with Gasteiger partial charge in [0.05, 0.1) is 17.2 Å². The number of fused-ring (bicyclic) bond motifs is 2. The van der Waals surface area contributed by atoms with Gasteiger partial charge in [0, 0.05) is 47.9 Å². The highest BCUT2D eigenvalue weighted by molar-refractivity contribution is 6.06. The lowest BCUT2D eigenvalue weighted by molar-refractivity contribution is 0.0904. The second kappa shape index (κ2) is 9.79. The van der Waals surface area contributed by atoms with Gasteiger partial charge in [0.25, 0.3) is 0 Å². The Bertz CT molecular complexity index is 1410. The highest BCUT2D eigenvalue weighted by Crippen LogP contribution is 2.30. The van der Waals surface area contributed by atoms with E-state index in [1.54, 1.807) is 23.2 Å². The van der Waals surface area contributed by atoms with E-state index >= 15 is 0 Å². The van der Waals surface area contributed by atoms with Crippen LogP contribution < -0.4 is 5.32 Å². The van der Waals surface area contributed by atoms with Crippen LogP contribution in [0.5, 0.6) is 0 Å². The van der Waals surface area contributed by atoms with Gasteiger partial charge in [-0.05, 0) is 42.0 Å². The lowest BCUT2D eigenvalue weighted by atomic mass is 10.00. The van der Waals surface area contributed by atoms with Gasteiger partial charge in [-0.2, -0.15) is 5.26 Å². The number of nitriles is 1. The smallest absolute Gasteiger partial charge is 0.404 e. The summed E-state index contributed by atoms with van der Waals surface area (Å²) in [6, 6.07) is 17.6. The van der Waals surface area contributed by atoms with E-state index < -0.39 is 6.09 Å². The Labute approximate surface area is 190 Å². The highest BCUT2D eigenvalue weighted by atomic mass is 16.4. The van der Waals surface area contributed by atoms with Gasteiger partial charge in [0.15, 0.2) is 0 Å². The average Bonchev–Trinajstić information content (AvgIpc) is 3.22. The van der Waals surface area contributed by atoms with Crippen LogP contribution in [0, 0.1) is 11.3 Å². The van der Waals surface area contributed by atoms with Gasteiger partial charge >= 0.3 is 6.09 Å². The molecule has 7 nitrogen and oxygen atoms in total. The number of carbonyl (C=O) groups excluding carboxylic acids is 1. The number of carbonyl (C=O) groups is 2. The summed E-state index contributed by atoms with van der Waals surface area (Å²) >= 11 is 0. The number of carboxylic acid groups (broad SMARTS) is 1. The molecular formula is C26H22N4O3. The van der Waals surface area contributed by atoms with Gasteiger partial charge in [0.2, 0.25) is 5.91 Å². The Balaban J connectivity index is 1.68. The summed E-state index contributed by atoms with van der Waals surface area (Å²) in [5, 5.41) is 23.7. The van der Waals surface area contributed by atoms with E-state index in [4.69, 9.17) is 5.11 Å². The van der Waals surface area contributed by atoms with Crippen LogP contribution in [0.15, 0.2) is 67.1 Å². The molecule has 2 aromatic carbocycles. The summed E-state index contributed by atoms with van der Waals surface area (Å²) in [6.45, 7) is 0.308. The Morgan fingerprint density at radius 3 is 2.76 bits per heavy atom. The predicted octanol–water partition coefficient (Wildman–Crippen LogP) is 5.33. The van der Waals surface area contributed by atoms with E-state index in [-0.39, 0.29) is 12.3 Å². The van der Waals surface area contributed by atoms with Crippen molar-refractivity contribution in [3.8, 4) is 6.07 Å². The van der Waals surface area contributed by atoms with Gasteiger partial charge in [-0.15, -0.1) is 0 Å². The monoisotopic (exact) mass is 438 g/mol. The molecule has 0 saturated carbocycles. The third-order valence-corrected chi connectivity index (χ3v) is 5.50. The van der Waals surface area contributed by atoms with Crippen molar-refractivity contribution in [2.75, 3.05) is 6.54 Å². The third-order valence-electron chi connectivity index (χ3n) is 5.50. The summed E-state index contributed by atoms with van der Waals surface area (Å²) in [7, 11) is 0. The van der Waals surface area contributed by atoms with Crippen LogP contribution >= 0.6 is 0 Å². The van der Waals surface area contributed by atoms with Crippen LogP contribution in [0.3, 0.4) is 0 Å². The lowest BCUT2D eigenvalue weighted by Crippen LogP contribution is -2.22. The number of amides is 1. The molecule has 4 rings (SSSR count). The minimum Gasteiger partial charge on any atom is -0.465 e. The summed E-state index contributed by atoms with van der Waals surface area (Å²) in [6.07, 6.45) is 7.43. The Kier molecular flexibility index (Phi) is 6.46. The summed E-state index contributed by atoms with van der Waals surface area (Å²) in [5.74, 6) is -0.0960. The molecule has 0 aliphatic carbocycles. The van der Waals surface area contributed by atoms with Crippen LogP contribution in [0.1, 0.15) is 35.2 Å². The molecule has 1 amide bonds. The lowest BCUT2D eigenvalue weighted by Gasteiger charge is -2.04. The van der Waals surface area contributed by atoms with Crippen LogP contribution in [-0.4, -0.2) is 33.2 Å². The van der Waals surface area contributed by atoms with Crippen LogP contribution in [0.25, 0.3) is 33.3 Å². The van der Waals surface area contributed by atoms with Crippen molar-refractivity contribution in [3.05, 3.63) is 78.2 Å². The van der Waals surface area contributed by atoms with Gasteiger partial charge in [0.1, 0.15) is 0 Å². The average molecular weight is 438 g/mol. The number of nitrogens with zero attached hydrogens (tertiary/aromatic N) is 3. The van der Waals surface area contributed by atoms with Crippen LogP contribution in [0.4, 0.5) is 4.79 Å². The molecular weight excluding hydrogens is 416 g/mol. The van der Waals surface area contributed by atoms with E-state index in [2.05, 4.69) is 16.4 Å². The van der Waals surface area contributed by atoms with Gasteiger partial charge in [-0.3, -0.25) is 14.3 Å². The number of aromatic nitrogens is 2. The topological polar surface area (TPSA) is 108 Å². The molecule has 0 aliphatic heterocycles. The fraction of sp³-hybridized carbons (Fsp3) is 0.154. The van der Waals surface area contributed by atoms with E-state index in [1.165, 1.54) is 0 Å². The largest absolute Gasteiger partial charge is 0.465 e. The quantitative estimate of drug-likeness (QED) is 0.299. The summed E-state index contributed by atoms with van der Waals surface area (Å²) in [5.41, 5.74) is 2.80. The minimum absolute atomic E-state index is 0.0960. The van der Waals surface area contributed by atoms with Gasteiger partial charge in [-0.25, -0.2) is 4.79 Å². The second-order valence-electron chi connectivity index (χ2n) is 7.63. The molecule has 2 heterocycles. The SMILES string of the molecule is N#CC(=Cc1cccc2cnccc12)c1cn(C(=O)CCCCNC(=O)O)c2ccccc12. The Morgan fingerprint density at radius 2 is 1.94 bits per heavy atom. The number of para-hydroxylation sites is 1. The fourth-order valence-electron chi connectivity index (χ4n) is 3.92. The summed E-state index contributed by atoms with van der Waals surface area (Å²) < 4.78 is 1.59. The maximum Gasteiger partial charge on any atom is 0.404 e. The van der Waals surface area contributed by atoms with E-state index in [0.29, 0.717) is 30.5 Å². The maximum absolute atomic E-state index is 12.9. The normalized spacial score (nSPS) is 11.4. The van der Waals surface area contributed by atoms with E-state index in [0.717, 1.165) is 27.2 Å². The number of benzene rings is 2. The maximum atomic E-state index is 12.9. The van der Waals surface area contributed by atoms with Crippen molar-refractivity contribution in [2.45, 2.75) is 19.3 Å². The van der Waals surface area contributed by atoms with E-state index in [9.17, 15) is 14.9 Å². The molecule has 0 aliphatic rings. The molecule has 164 valence electrons. The first-order valence-electron chi connectivity index (χ1n) is 10.6. The van der Waals surface area contributed by atoms with Crippen molar-refractivity contribution in [1.82, 2.24) is 14.9 Å². The van der Waals surface area contributed by atoms with Gasteiger partial charge < -0.3 is 10.4 Å². The molecule has 0 fully saturated rings. The van der Waals surface area contributed by atoms with Crippen LogP contribution in [0.2, 0.25) is 0 Å². The highest BCUT2D eigenvalue weighted by Gasteiger charge is 2.16. The first kappa shape index (κ1) is 21.8. The second-order valence-corrected chi connectivity index (χ2v) is 7.63. The van der Waals surface area contributed by atoms with Crippen LogP contribution in [-0.2, 0) is 0 Å². The number of allylic oxidation sites excluding steroid dienone is 1. The molecule has 0 spiro atoms. The molecule has 0 radical (unpaired) electrons. The zero-order chi connectivity index (χ0) is 23.2. The van der Waals surface area contributed by atoms with Crippen molar-refractivity contribution in [1.29, 1.82) is 5.26 Å². The number of rotatable bonds is 7. The Hall–Kier alpha value is -4.44. The third kappa shape index (κ3) is 4.75. The predicted molar refractivity (Wildman–Crippen MR) is 128 cm³/mol. The first-order chi connectivity index (χ1) is 16.1. The zero-order valence-corrected chi connectivity index (χ0v) is 17.9. The number of hydrogen-bond donors (Lipinski definition) is 2. The first-order valence-corrected chi connectivity index (χ1v) is 10.6. The molecule has 4 aromatic rings. The standard InChI is InChI=1S/C26H22N4O3/c27-15-20(14-18-6-5-7-19-16-28-13-11-21(18)19)23-17-30(24-9-2-1-8-22(23)24)25(31)10-3-4-12-29-26(32)33/h1-2,5-9,11,13-14,16-17,29H,3-4,10,12H2,(H,32,33). The molecule has 2 N–H and O–H groups in total. The minimum atomic E-state index is -1.07. The molecule has 0 unspecified atom stereocenters. The van der Waals surface area contributed by atoms with Crippen molar-refractivity contribution in [3.63, 3.8) is 0 Å². The molecule has 0 bridgehead atoms. The van der Waals surface area contributed by atoms with Crippen molar-refractivity contribution < 1.29 is 14.7 Å². The number of nitrogens with one attached hydrogen (secondary N) is 1.